The van der Waals surface area contributed by atoms with Gasteiger partial charge < -0.3 is 15.7 Å². The van der Waals surface area contributed by atoms with Crippen LogP contribution in [-0.4, -0.2) is 40.0 Å². The highest BCUT2D eigenvalue weighted by molar-refractivity contribution is 5.85. The van der Waals surface area contributed by atoms with Crippen molar-refractivity contribution in [3.8, 4) is 0 Å². The monoisotopic (exact) mass is 224 g/mol. The molecule has 0 radical (unpaired) electrons. The number of nitrogens with one attached hydrogen (secondary N) is 2. The van der Waals surface area contributed by atoms with Crippen LogP contribution in [0.3, 0.4) is 0 Å². The third-order valence-corrected chi connectivity index (χ3v) is 1.69. The van der Waals surface area contributed by atoms with Crippen LogP contribution in [0.25, 0.3) is 0 Å². The standard InChI is InChI=1S/C9H12N4O3/c1-6(14)10-2-3-11-8-4-7(9(15)16)12-5-13-8/h4-5H,2-3H2,1H3,(H,10,14)(H,15,16)(H,11,12,13). The van der Waals surface area contributed by atoms with E-state index >= 15 is 0 Å². The average molecular weight is 224 g/mol. The number of aromatic carboxylic acids is 1. The summed E-state index contributed by atoms with van der Waals surface area (Å²) < 4.78 is 0. The lowest BCUT2D eigenvalue weighted by molar-refractivity contribution is -0.118. The quantitative estimate of drug-likeness (QED) is 0.594. The fraction of sp³-hybridized carbons (Fsp3) is 0.333. The molecule has 3 N–H and O–H groups in total. The van der Waals surface area contributed by atoms with Gasteiger partial charge in [-0.2, -0.15) is 0 Å². The maximum atomic E-state index is 10.6. The van der Waals surface area contributed by atoms with Crippen LogP contribution >= 0.6 is 0 Å². The summed E-state index contributed by atoms with van der Waals surface area (Å²) in [5.74, 6) is -0.805. The second-order valence-electron chi connectivity index (χ2n) is 3.00. The fourth-order valence-corrected chi connectivity index (χ4v) is 1.00. The van der Waals surface area contributed by atoms with Crippen molar-refractivity contribution in [3.63, 3.8) is 0 Å². The summed E-state index contributed by atoms with van der Waals surface area (Å²) in [6.07, 6.45) is 1.17. The molecular formula is C9H12N4O3. The van der Waals surface area contributed by atoms with Gasteiger partial charge in [-0.1, -0.05) is 0 Å². The van der Waals surface area contributed by atoms with E-state index in [1.54, 1.807) is 0 Å². The summed E-state index contributed by atoms with van der Waals surface area (Å²) in [6, 6.07) is 1.33. The molecule has 0 bridgehead atoms. The molecule has 7 nitrogen and oxygen atoms in total. The summed E-state index contributed by atoms with van der Waals surface area (Å²) in [7, 11) is 0. The summed E-state index contributed by atoms with van der Waals surface area (Å²) in [4.78, 5) is 28.6. The molecule has 0 aliphatic carbocycles. The third-order valence-electron chi connectivity index (χ3n) is 1.69. The third kappa shape index (κ3) is 3.91. The second-order valence-corrected chi connectivity index (χ2v) is 3.00. The van der Waals surface area contributed by atoms with Gasteiger partial charge in [0.05, 0.1) is 0 Å². The molecule has 1 rings (SSSR count). The lowest BCUT2D eigenvalue weighted by atomic mass is 10.4. The minimum atomic E-state index is -1.10. The van der Waals surface area contributed by atoms with Crippen molar-refractivity contribution in [2.45, 2.75) is 6.92 Å². The topological polar surface area (TPSA) is 104 Å². The number of rotatable bonds is 5. The molecule has 0 spiro atoms. The molecular weight excluding hydrogens is 212 g/mol. The molecule has 86 valence electrons. The fourth-order valence-electron chi connectivity index (χ4n) is 1.00. The van der Waals surface area contributed by atoms with Gasteiger partial charge in [-0.15, -0.1) is 0 Å². The van der Waals surface area contributed by atoms with Gasteiger partial charge in [0.15, 0.2) is 5.69 Å². The van der Waals surface area contributed by atoms with Gasteiger partial charge in [0.1, 0.15) is 12.1 Å². The zero-order valence-corrected chi connectivity index (χ0v) is 8.73. The summed E-state index contributed by atoms with van der Waals surface area (Å²) in [6.45, 7) is 2.34. The van der Waals surface area contributed by atoms with Crippen molar-refractivity contribution in [3.05, 3.63) is 18.1 Å². The van der Waals surface area contributed by atoms with E-state index in [4.69, 9.17) is 5.11 Å². The second kappa shape index (κ2) is 5.64. The Kier molecular flexibility index (Phi) is 4.19. The number of hydrogen-bond donors (Lipinski definition) is 3. The molecule has 1 heterocycles. The first-order chi connectivity index (χ1) is 7.59. The van der Waals surface area contributed by atoms with Crippen LogP contribution in [0, 0.1) is 0 Å². The van der Waals surface area contributed by atoms with E-state index in [2.05, 4.69) is 20.6 Å². The highest BCUT2D eigenvalue weighted by atomic mass is 16.4. The van der Waals surface area contributed by atoms with E-state index in [0.29, 0.717) is 18.9 Å². The van der Waals surface area contributed by atoms with Crippen molar-refractivity contribution in [2.75, 3.05) is 18.4 Å². The maximum absolute atomic E-state index is 10.6. The predicted octanol–water partition coefficient (Wildman–Crippen LogP) is -0.277. The van der Waals surface area contributed by atoms with Crippen molar-refractivity contribution in [1.82, 2.24) is 15.3 Å². The average Bonchev–Trinajstić information content (AvgIpc) is 2.24. The molecule has 16 heavy (non-hydrogen) atoms. The molecule has 1 aromatic heterocycles. The molecule has 0 atom stereocenters. The number of nitrogens with zero attached hydrogens (tertiary/aromatic N) is 2. The van der Waals surface area contributed by atoms with Crippen molar-refractivity contribution in [2.24, 2.45) is 0 Å². The summed E-state index contributed by atoms with van der Waals surface area (Å²) >= 11 is 0. The lowest BCUT2D eigenvalue weighted by Crippen LogP contribution is -2.26. The summed E-state index contributed by atoms with van der Waals surface area (Å²) in [5.41, 5.74) is -0.0722. The number of amides is 1. The molecule has 0 aromatic carbocycles. The number of carboxylic acids is 1. The van der Waals surface area contributed by atoms with E-state index in [1.165, 1.54) is 19.3 Å². The lowest BCUT2D eigenvalue weighted by Gasteiger charge is -2.05. The number of hydrogen-bond acceptors (Lipinski definition) is 5. The smallest absolute Gasteiger partial charge is 0.354 e. The van der Waals surface area contributed by atoms with Gasteiger partial charge in [0, 0.05) is 26.1 Å². The van der Waals surface area contributed by atoms with Crippen molar-refractivity contribution >= 4 is 17.7 Å². The molecule has 0 saturated heterocycles. The highest BCUT2D eigenvalue weighted by Gasteiger charge is 2.05. The minimum Gasteiger partial charge on any atom is -0.477 e. The van der Waals surface area contributed by atoms with Crippen LogP contribution in [0.5, 0.6) is 0 Å². The summed E-state index contributed by atoms with van der Waals surface area (Å²) in [5, 5.41) is 14.1. The van der Waals surface area contributed by atoms with Crippen LogP contribution in [0.15, 0.2) is 12.4 Å². The molecule has 7 heteroatoms. The Bertz CT molecular complexity index is 394. The zero-order valence-electron chi connectivity index (χ0n) is 8.73. The Morgan fingerprint density at radius 2 is 2.12 bits per heavy atom. The van der Waals surface area contributed by atoms with Crippen molar-refractivity contribution in [1.29, 1.82) is 0 Å². The highest BCUT2D eigenvalue weighted by Crippen LogP contribution is 2.02. The van der Waals surface area contributed by atoms with E-state index in [0.717, 1.165) is 0 Å². The van der Waals surface area contributed by atoms with Gasteiger partial charge in [0.2, 0.25) is 5.91 Å². The molecule has 0 aliphatic rings. The Morgan fingerprint density at radius 3 is 2.75 bits per heavy atom. The van der Waals surface area contributed by atoms with E-state index in [1.807, 2.05) is 0 Å². The predicted molar refractivity (Wildman–Crippen MR) is 56.2 cm³/mol. The van der Waals surface area contributed by atoms with Gasteiger partial charge >= 0.3 is 5.97 Å². The Morgan fingerprint density at radius 1 is 1.38 bits per heavy atom. The van der Waals surface area contributed by atoms with Gasteiger partial charge in [-0.3, -0.25) is 4.79 Å². The number of carbonyl (C=O) groups is 2. The molecule has 0 aliphatic heterocycles. The van der Waals surface area contributed by atoms with Crippen LogP contribution in [0.2, 0.25) is 0 Å². The SMILES string of the molecule is CC(=O)NCCNc1cc(C(=O)O)ncn1. The Balaban J connectivity index is 2.45. The van der Waals surface area contributed by atoms with Gasteiger partial charge in [-0.05, 0) is 0 Å². The zero-order chi connectivity index (χ0) is 12.0. The number of carboxylic acid groups (broad SMARTS) is 1. The Hall–Kier alpha value is -2.18. The largest absolute Gasteiger partial charge is 0.477 e. The van der Waals surface area contributed by atoms with E-state index in [9.17, 15) is 9.59 Å². The normalized spacial score (nSPS) is 9.56. The molecule has 0 unspecified atom stereocenters. The first kappa shape index (κ1) is 11.9. The van der Waals surface area contributed by atoms with Crippen LogP contribution in [0.1, 0.15) is 17.4 Å². The maximum Gasteiger partial charge on any atom is 0.354 e. The van der Waals surface area contributed by atoms with Gasteiger partial charge in [-0.25, -0.2) is 14.8 Å². The van der Waals surface area contributed by atoms with Crippen molar-refractivity contribution < 1.29 is 14.7 Å². The molecule has 0 fully saturated rings. The molecule has 1 aromatic rings. The van der Waals surface area contributed by atoms with E-state index < -0.39 is 5.97 Å². The van der Waals surface area contributed by atoms with Gasteiger partial charge in [0.25, 0.3) is 0 Å². The molecule has 1 amide bonds. The first-order valence-electron chi connectivity index (χ1n) is 4.63. The number of carbonyl (C=O) groups excluding carboxylic acids is 1. The first-order valence-corrected chi connectivity index (χ1v) is 4.63. The number of anilines is 1. The molecule has 0 saturated carbocycles. The Labute approximate surface area is 91.9 Å². The minimum absolute atomic E-state index is 0.0722. The van der Waals surface area contributed by atoms with E-state index in [-0.39, 0.29) is 11.6 Å². The van der Waals surface area contributed by atoms with Crippen LogP contribution < -0.4 is 10.6 Å². The van der Waals surface area contributed by atoms with Crippen LogP contribution in [-0.2, 0) is 4.79 Å². The number of aromatic nitrogens is 2. The van der Waals surface area contributed by atoms with Crippen LogP contribution in [0.4, 0.5) is 5.82 Å².